The maximum absolute atomic E-state index is 10.7. The summed E-state index contributed by atoms with van der Waals surface area (Å²) in [6.07, 6.45) is 4.33. The summed E-state index contributed by atoms with van der Waals surface area (Å²) < 4.78 is 5.21. The van der Waals surface area contributed by atoms with Crippen molar-refractivity contribution in [3.05, 3.63) is 41.7 Å². The van der Waals surface area contributed by atoms with Gasteiger partial charge in [0, 0.05) is 19.2 Å². The Morgan fingerprint density at radius 1 is 1.44 bits per heavy atom. The minimum atomic E-state index is -1.08. The molecule has 0 spiro atoms. The molecular formula is C12H13N3O3. The number of rotatable bonds is 4. The summed E-state index contributed by atoms with van der Waals surface area (Å²) in [5.74, 6) is 0.389. The summed E-state index contributed by atoms with van der Waals surface area (Å²) in [6, 6.07) is 1.89. The topological polar surface area (TPSA) is 79.5 Å². The normalized spacial score (nSPS) is 10.3. The van der Waals surface area contributed by atoms with Crippen LogP contribution in [-0.2, 0) is 6.54 Å². The van der Waals surface area contributed by atoms with Gasteiger partial charge in [0.05, 0.1) is 18.7 Å². The van der Waals surface area contributed by atoms with E-state index in [2.05, 4.69) is 9.97 Å². The van der Waals surface area contributed by atoms with Crippen LogP contribution in [0.1, 0.15) is 21.8 Å². The predicted octanol–water partition coefficient (Wildman–Crippen LogP) is 1.71. The van der Waals surface area contributed by atoms with E-state index in [4.69, 9.17) is 9.52 Å². The molecule has 0 amide bonds. The van der Waals surface area contributed by atoms with Crippen molar-refractivity contribution in [1.29, 1.82) is 0 Å². The molecule has 2 aromatic rings. The average Bonchev–Trinajstić information content (AvgIpc) is 2.75. The highest BCUT2D eigenvalue weighted by Gasteiger charge is 2.10. The third-order valence-electron chi connectivity index (χ3n) is 2.62. The van der Waals surface area contributed by atoms with Gasteiger partial charge in [-0.1, -0.05) is 0 Å². The quantitative estimate of drug-likeness (QED) is 0.886. The van der Waals surface area contributed by atoms with E-state index in [-0.39, 0.29) is 5.69 Å². The number of aryl methyl sites for hydroxylation is 1. The molecule has 0 aliphatic rings. The number of furan rings is 1. The van der Waals surface area contributed by atoms with Gasteiger partial charge in [0.15, 0.2) is 5.69 Å². The number of nitrogens with zero attached hydrogens (tertiary/aromatic N) is 3. The molecule has 0 fully saturated rings. The molecule has 0 bridgehead atoms. The molecule has 2 aromatic heterocycles. The van der Waals surface area contributed by atoms with Gasteiger partial charge >= 0.3 is 5.97 Å². The van der Waals surface area contributed by atoms with Crippen LogP contribution < -0.4 is 4.90 Å². The number of carbonyl (C=O) groups is 1. The van der Waals surface area contributed by atoms with E-state index in [1.807, 2.05) is 24.9 Å². The van der Waals surface area contributed by atoms with Crippen molar-refractivity contribution < 1.29 is 14.3 Å². The van der Waals surface area contributed by atoms with Crippen molar-refractivity contribution in [3.8, 4) is 0 Å². The highest BCUT2D eigenvalue weighted by atomic mass is 16.4. The van der Waals surface area contributed by atoms with Gasteiger partial charge in [-0.2, -0.15) is 0 Å². The summed E-state index contributed by atoms with van der Waals surface area (Å²) in [5, 5.41) is 8.73. The molecule has 6 heteroatoms. The van der Waals surface area contributed by atoms with Gasteiger partial charge in [0.25, 0.3) is 0 Å². The fourth-order valence-corrected chi connectivity index (χ4v) is 1.54. The number of aromatic nitrogens is 2. The number of aromatic carboxylic acids is 1. The van der Waals surface area contributed by atoms with E-state index >= 15 is 0 Å². The van der Waals surface area contributed by atoms with Gasteiger partial charge in [-0.25, -0.2) is 14.8 Å². The lowest BCUT2D eigenvalue weighted by molar-refractivity contribution is 0.0690. The number of carboxylic acid groups (broad SMARTS) is 1. The Morgan fingerprint density at radius 3 is 2.72 bits per heavy atom. The van der Waals surface area contributed by atoms with E-state index in [0.717, 1.165) is 11.3 Å². The van der Waals surface area contributed by atoms with Crippen LogP contribution in [0.2, 0.25) is 0 Å². The van der Waals surface area contributed by atoms with Crippen LogP contribution in [0.25, 0.3) is 0 Å². The average molecular weight is 247 g/mol. The molecule has 0 aliphatic carbocycles. The first-order valence-corrected chi connectivity index (χ1v) is 5.37. The molecule has 1 N–H and O–H groups in total. The minimum absolute atomic E-state index is 0.0633. The Morgan fingerprint density at radius 2 is 2.22 bits per heavy atom. The van der Waals surface area contributed by atoms with Crippen LogP contribution >= 0.6 is 0 Å². The van der Waals surface area contributed by atoms with Crippen molar-refractivity contribution in [2.75, 3.05) is 11.9 Å². The number of hydrogen-bond donors (Lipinski definition) is 1. The molecule has 2 heterocycles. The summed E-state index contributed by atoms with van der Waals surface area (Å²) >= 11 is 0. The second-order valence-corrected chi connectivity index (χ2v) is 3.92. The molecule has 18 heavy (non-hydrogen) atoms. The zero-order valence-corrected chi connectivity index (χ0v) is 10.1. The maximum Gasteiger partial charge on any atom is 0.356 e. The van der Waals surface area contributed by atoms with Gasteiger partial charge in [-0.3, -0.25) is 0 Å². The molecule has 94 valence electrons. The SMILES string of the molecule is Cc1occc1CN(C)c1cnc(C(=O)O)cn1. The molecule has 0 radical (unpaired) electrons. The first kappa shape index (κ1) is 12.1. The van der Waals surface area contributed by atoms with Crippen molar-refractivity contribution in [2.45, 2.75) is 13.5 Å². The molecular weight excluding hydrogens is 234 g/mol. The van der Waals surface area contributed by atoms with Gasteiger partial charge in [0.1, 0.15) is 11.6 Å². The van der Waals surface area contributed by atoms with Crippen molar-refractivity contribution >= 4 is 11.8 Å². The molecule has 0 saturated heterocycles. The molecule has 0 aliphatic heterocycles. The largest absolute Gasteiger partial charge is 0.476 e. The van der Waals surface area contributed by atoms with Crippen molar-refractivity contribution in [1.82, 2.24) is 9.97 Å². The Kier molecular flexibility index (Phi) is 3.27. The molecule has 0 atom stereocenters. The van der Waals surface area contributed by atoms with E-state index in [1.54, 1.807) is 6.26 Å². The predicted molar refractivity (Wildman–Crippen MR) is 64.5 cm³/mol. The van der Waals surface area contributed by atoms with E-state index in [1.165, 1.54) is 12.4 Å². The van der Waals surface area contributed by atoms with Gasteiger partial charge in [-0.15, -0.1) is 0 Å². The summed E-state index contributed by atoms with van der Waals surface area (Å²) in [6.45, 7) is 2.52. The second kappa shape index (κ2) is 4.87. The number of hydrogen-bond acceptors (Lipinski definition) is 5. The Balaban J connectivity index is 2.12. The lowest BCUT2D eigenvalue weighted by atomic mass is 10.2. The smallest absolute Gasteiger partial charge is 0.356 e. The fraction of sp³-hybridized carbons (Fsp3) is 0.250. The zero-order valence-electron chi connectivity index (χ0n) is 10.1. The van der Waals surface area contributed by atoms with E-state index in [0.29, 0.717) is 12.4 Å². The van der Waals surface area contributed by atoms with Crippen molar-refractivity contribution in [2.24, 2.45) is 0 Å². The maximum atomic E-state index is 10.7. The molecule has 0 aromatic carbocycles. The molecule has 6 nitrogen and oxygen atoms in total. The highest BCUT2D eigenvalue weighted by Crippen LogP contribution is 2.15. The third-order valence-corrected chi connectivity index (χ3v) is 2.62. The summed E-state index contributed by atoms with van der Waals surface area (Å²) in [5.41, 5.74) is 0.994. The standard InChI is InChI=1S/C12H13N3O3/c1-8-9(3-4-18-8)7-15(2)11-6-13-10(5-14-11)12(16)17/h3-6H,7H2,1-2H3,(H,16,17). The Hall–Kier alpha value is -2.37. The Bertz CT molecular complexity index is 548. The molecule has 0 unspecified atom stereocenters. The van der Waals surface area contributed by atoms with Gasteiger partial charge in [-0.05, 0) is 13.0 Å². The van der Waals surface area contributed by atoms with Crippen LogP contribution in [0.4, 0.5) is 5.82 Å². The second-order valence-electron chi connectivity index (χ2n) is 3.92. The van der Waals surface area contributed by atoms with Crippen molar-refractivity contribution in [3.63, 3.8) is 0 Å². The minimum Gasteiger partial charge on any atom is -0.476 e. The van der Waals surface area contributed by atoms with Gasteiger partial charge in [0.2, 0.25) is 0 Å². The first-order chi connectivity index (χ1) is 8.58. The Labute approximate surface area is 104 Å². The van der Waals surface area contributed by atoms with Gasteiger partial charge < -0.3 is 14.4 Å². The summed E-state index contributed by atoms with van der Waals surface area (Å²) in [7, 11) is 1.86. The van der Waals surface area contributed by atoms with Crippen LogP contribution in [0.5, 0.6) is 0 Å². The first-order valence-electron chi connectivity index (χ1n) is 5.37. The third kappa shape index (κ3) is 2.48. The zero-order chi connectivity index (χ0) is 13.1. The summed E-state index contributed by atoms with van der Waals surface area (Å²) in [4.78, 5) is 20.4. The van der Waals surface area contributed by atoms with Crippen LogP contribution in [0.3, 0.4) is 0 Å². The lowest BCUT2D eigenvalue weighted by Crippen LogP contribution is -2.18. The van der Waals surface area contributed by atoms with Crippen LogP contribution in [0.15, 0.2) is 29.1 Å². The molecule has 2 rings (SSSR count). The number of anilines is 1. The molecule has 0 saturated carbocycles. The fourth-order valence-electron chi connectivity index (χ4n) is 1.54. The van der Waals surface area contributed by atoms with E-state index < -0.39 is 5.97 Å². The van der Waals surface area contributed by atoms with Crippen LogP contribution in [0, 0.1) is 6.92 Å². The van der Waals surface area contributed by atoms with Crippen LogP contribution in [-0.4, -0.2) is 28.1 Å². The number of carboxylic acids is 1. The lowest BCUT2D eigenvalue weighted by Gasteiger charge is -2.17. The monoisotopic (exact) mass is 247 g/mol. The highest BCUT2D eigenvalue weighted by molar-refractivity contribution is 5.84. The van der Waals surface area contributed by atoms with E-state index in [9.17, 15) is 4.79 Å².